The second-order valence-corrected chi connectivity index (χ2v) is 2.87. The molecular formula is C9H7ClF2O2. The van der Waals surface area contributed by atoms with Crippen LogP contribution in [0.15, 0.2) is 18.2 Å². The first-order valence-electron chi connectivity index (χ1n) is 3.85. The molecule has 0 aliphatic carbocycles. The van der Waals surface area contributed by atoms with Gasteiger partial charge in [-0.25, -0.2) is 8.78 Å². The summed E-state index contributed by atoms with van der Waals surface area (Å²) in [5.74, 6) is -2.47. The van der Waals surface area contributed by atoms with E-state index in [0.29, 0.717) is 6.07 Å². The highest BCUT2D eigenvalue weighted by Crippen LogP contribution is 2.17. The number of hydrogen-bond donors (Lipinski definition) is 0. The van der Waals surface area contributed by atoms with E-state index < -0.39 is 17.6 Å². The molecule has 0 spiro atoms. The molecule has 0 atom stereocenters. The summed E-state index contributed by atoms with van der Waals surface area (Å²) in [6, 6.07) is 2.70. The van der Waals surface area contributed by atoms with Gasteiger partial charge < -0.3 is 4.74 Å². The molecule has 0 N–H and O–H groups in total. The normalized spacial score (nSPS) is 9.93. The standard InChI is InChI=1S/C9H7ClF2O2/c10-4-3-9(13)14-8-2-1-6(11)5-7(8)12/h1-2,5H,3-4H2. The number of esters is 1. The largest absolute Gasteiger partial charge is 0.423 e. The molecule has 14 heavy (non-hydrogen) atoms. The number of hydrogen-bond acceptors (Lipinski definition) is 2. The molecule has 0 fully saturated rings. The Bertz CT molecular complexity index is 342. The molecule has 5 heteroatoms. The number of alkyl halides is 1. The van der Waals surface area contributed by atoms with Crippen LogP contribution in [0.5, 0.6) is 5.75 Å². The van der Waals surface area contributed by atoms with Gasteiger partial charge in [-0.2, -0.15) is 0 Å². The molecule has 1 rings (SSSR count). The second kappa shape index (κ2) is 4.91. The van der Waals surface area contributed by atoms with Crippen LogP contribution in [0.4, 0.5) is 8.78 Å². The maximum Gasteiger partial charge on any atom is 0.312 e. The van der Waals surface area contributed by atoms with E-state index in [1.54, 1.807) is 0 Å². The van der Waals surface area contributed by atoms with Gasteiger partial charge in [0, 0.05) is 11.9 Å². The number of halogens is 3. The highest BCUT2D eigenvalue weighted by molar-refractivity contribution is 6.18. The van der Waals surface area contributed by atoms with Crippen molar-refractivity contribution in [1.29, 1.82) is 0 Å². The summed E-state index contributed by atoms with van der Waals surface area (Å²) >= 11 is 5.27. The lowest BCUT2D eigenvalue weighted by Gasteiger charge is -2.03. The summed E-state index contributed by atoms with van der Waals surface area (Å²) in [5, 5.41) is 0. The molecule has 0 aliphatic heterocycles. The van der Waals surface area contributed by atoms with Crippen molar-refractivity contribution in [3.63, 3.8) is 0 Å². The van der Waals surface area contributed by atoms with E-state index in [1.165, 1.54) is 0 Å². The lowest BCUT2D eigenvalue weighted by atomic mass is 10.3. The van der Waals surface area contributed by atoms with Gasteiger partial charge in [0.25, 0.3) is 0 Å². The lowest BCUT2D eigenvalue weighted by molar-refractivity contribution is -0.134. The highest BCUT2D eigenvalue weighted by atomic mass is 35.5. The molecule has 1 aromatic carbocycles. The fourth-order valence-electron chi connectivity index (χ4n) is 0.809. The molecule has 2 nitrogen and oxygen atoms in total. The Labute approximate surface area is 84.4 Å². The molecule has 0 bridgehead atoms. The highest BCUT2D eigenvalue weighted by Gasteiger charge is 2.09. The van der Waals surface area contributed by atoms with Crippen molar-refractivity contribution in [3.8, 4) is 5.75 Å². The maximum atomic E-state index is 12.9. The van der Waals surface area contributed by atoms with Crippen molar-refractivity contribution < 1.29 is 18.3 Å². The molecule has 0 radical (unpaired) electrons. The van der Waals surface area contributed by atoms with Crippen LogP contribution in [0, 0.1) is 11.6 Å². The molecular weight excluding hydrogens is 214 g/mol. The van der Waals surface area contributed by atoms with Gasteiger partial charge in [-0.3, -0.25) is 4.79 Å². The smallest absolute Gasteiger partial charge is 0.312 e. The topological polar surface area (TPSA) is 26.3 Å². The van der Waals surface area contributed by atoms with E-state index in [4.69, 9.17) is 11.6 Å². The molecule has 0 saturated carbocycles. The van der Waals surface area contributed by atoms with Gasteiger partial charge in [0.15, 0.2) is 11.6 Å². The van der Waals surface area contributed by atoms with Crippen LogP contribution in [-0.4, -0.2) is 11.8 Å². The van der Waals surface area contributed by atoms with Crippen LogP contribution >= 0.6 is 11.6 Å². The van der Waals surface area contributed by atoms with Crippen LogP contribution in [0.1, 0.15) is 6.42 Å². The van der Waals surface area contributed by atoms with E-state index in [1.807, 2.05) is 0 Å². The van der Waals surface area contributed by atoms with Gasteiger partial charge in [0.2, 0.25) is 0 Å². The molecule has 0 amide bonds. The van der Waals surface area contributed by atoms with Crippen LogP contribution < -0.4 is 4.74 Å². The molecule has 0 aliphatic rings. The van der Waals surface area contributed by atoms with Gasteiger partial charge in [-0.15, -0.1) is 11.6 Å². The van der Waals surface area contributed by atoms with Crippen molar-refractivity contribution in [2.24, 2.45) is 0 Å². The number of ether oxygens (including phenoxy) is 1. The molecule has 0 unspecified atom stereocenters. The minimum Gasteiger partial charge on any atom is -0.423 e. The van der Waals surface area contributed by atoms with Crippen molar-refractivity contribution in [2.45, 2.75) is 6.42 Å². The zero-order valence-corrected chi connectivity index (χ0v) is 7.85. The van der Waals surface area contributed by atoms with E-state index in [9.17, 15) is 13.6 Å². The first-order chi connectivity index (χ1) is 6.63. The molecule has 0 heterocycles. The summed E-state index contributed by atoms with van der Waals surface area (Å²) in [5.41, 5.74) is 0. The van der Waals surface area contributed by atoms with E-state index in [0.717, 1.165) is 12.1 Å². The fraction of sp³-hybridized carbons (Fsp3) is 0.222. The summed E-state index contributed by atoms with van der Waals surface area (Å²) in [6.07, 6.45) is -0.0155. The van der Waals surface area contributed by atoms with Gasteiger partial charge in [0.1, 0.15) is 5.82 Å². The fourth-order valence-corrected chi connectivity index (χ4v) is 0.963. The minimum atomic E-state index is -0.909. The van der Waals surface area contributed by atoms with Gasteiger partial charge in [0.05, 0.1) is 6.42 Å². The van der Waals surface area contributed by atoms with E-state index in [2.05, 4.69) is 4.74 Å². The summed E-state index contributed by atoms with van der Waals surface area (Å²) in [4.78, 5) is 10.9. The predicted molar refractivity (Wildman–Crippen MR) is 47.3 cm³/mol. The number of rotatable bonds is 3. The van der Waals surface area contributed by atoms with Crippen LogP contribution in [0.2, 0.25) is 0 Å². The second-order valence-electron chi connectivity index (χ2n) is 2.49. The van der Waals surface area contributed by atoms with E-state index in [-0.39, 0.29) is 18.1 Å². The third kappa shape index (κ3) is 2.96. The van der Waals surface area contributed by atoms with E-state index >= 15 is 0 Å². The van der Waals surface area contributed by atoms with Gasteiger partial charge >= 0.3 is 5.97 Å². The quantitative estimate of drug-likeness (QED) is 0.445. The Hall–Kier alpha value is -1.16. The SMILES string of the molecule is O=C(CCCl)Oc1ccc(F)cc1F. The average Bonchev–Trinajstić information content (AvgIpc) is 2.10. The third-order valence-corrected chi connectivity index (χ3v) is 1.61. The number of benzene rings is 1. The Morgan fingerprint density at radius 2 is 2.14 bits per heavy atom. The Balaban J connectivity index is 2.72. The first-order valence-corrected chi connectivity index (χ1v) is 4.38. The van der Waals surface area contributed by atoms with Crippen LogP contribution in [0.3, 0.4) is 0 Å². The van der Waals surface area contributed by atoms with Gasteiger partial charge in [-0.1, -0.05) is 0 Å². The minimum absolute atomic E-state index is 0.0155. The van der Waals surface area contributed by atoms with Crippen molar-refractivity contribution in [2.75, 3.05) is 5.88 Å². The van der Waals surface area contributed by atoms with Crippen molar-refractivity contribution in [3.05, 3.63) is 29.8 Å². The lowest BCUT2D eigenvalue weighted by Crippen LogP contribution is -2.09. The monoisotopic (exact) mass is 220 g/mol. The number of carbonyl (C=O) groups excluding carboxylic acids is 1. The molecule has 0 aromatic heterocycles. The maximum absolute atomic E-state index is 12.9. The zero-order chi connectivity index (χ0) is 10.6. The summed E-state index contributed by atoms with van der Waals surface area (Å²) in [6.45, 7) is 0. The molecule has 76 valence electrons. The first kappa shape index (κ1) is 10.9. The Morgan fingerprint density at radius 3 is 2.71 bits per heavy atom. The zero-order valence-electron chi connectivity index (χ0n) is 7.10. The van der Waals surface area contributed by atoms with Gasteiger partial charge in [-0.05, 0) is 12.1 Å². The Kier molecular flexibility index (Phi) is 3.83. The Morgan fingerprint density at radius 1 is 1.43 bits per heavy atom. The van der Waals surface area contributed by atoms with Crippen LogP contribution in [-0.2, 0) is 4.79 Å². The molecule has 0 saturated heterocycles. The third-order valence-electron chi connectivity index (χ3n) is 1.42. The summed E-state index contributed by atoms with van der Waals surface area (Å²) in [7, 11) is 0. The predicted octanol–water partition coefficient (Wildman–Crippen LogP) is 2.50. The molecule has 1 aromatic rings. The average molecular weight is 221 g/mol. The van der Waals surface area contributed by atoms with Crippen LogP contribution in [0.25, 0.3) is 0 Å². The van der Waals surface area contributed by atoms with Crippen molar-refractivity contribution in [1.82, 2.24) is 0 Å². The number of carbonyl (C=O) groups is 1. The van der Waals surface area contributed by atoms with Crippen molar-refractivity contribution >= 4 is 17.6 Å². The summed E-state index contributed by atoms with van der Waals surface area (Å²) < 4.78 is 29.9.